The topological polar surface area (TPSA) is 58.1 Å². The van der Waals surface area contributed by atoms with E-state index in [-0.39, 0.29) is 5.91 Å². The number of carbonyl (C=O) groups excluding carboxylic acids is 1. The third kappa shape index (κ3) is 6.34. The lowest BCUT2D eigenvalue weighted by Gasteiger charge is -2.31. The number of rotatable bonds is 5. The minimum atomic E-state index is 0.0511. The van der Waals surface area contributed by atoms with Crippen molar-refractivity contribution in [2.24, 2.45) is 0 Å². The molecule has 3 aromatic rings. The molecule has 1 saturated heterocycles. The highest BCUT2D eigenvalue weighted by Crippen LogP contribution is 2.30. The maximum absolute atomic E-state index is 12.4. The first-order valence-electron chi connectivity index (χ1n) is 11.4. The van der Waals surface area contributed by atoms with Crippen LogP contribution in [0.3, 0.4) is 0 Å². The van der Waals surface area contributed by atoms with Crippen LogP contribution in [0.4, 0.5) is 5.69 Å². The Labute approximate surface area is 185 Å². The van der Waals surface area contributed by atoms with Gasteiger partial charge in [-0.25, -0.2) is 9.97 Å². The number of nitrogens with one attached hydrogen (secondary N) is 1. The second-order valence-corrected chi connectivity index (χ2v) is 8.13. The zero-order chi connectivity index (χ0) is 22.1. The van der Waals surface area contributed by atoms with Gasteiger partial charge in [0.25, 0.3) is 0 Å². The molecule has 1 fully saturated rings. The van der Waals surface area contributed by atoms with Gasteiger partial charge in [0.05, 0.1) is 17.8 Å². The van der Waals surface area contributed by atoms with Gasteiger partial charge in [-0.05, 0) is 56.1 Å². The molecule has 2 aromatic carbocycles. The van der Waals surface area contributed by atoms with Gasteiger partial charge >= 0.3 is 0 Å². The lowest BCUT2D eigenvalue weighted by Crippen LogP contribution is -2.38. The van der Waals surface area contributed by atoms with Crippen LogP contribution in [0.25, 0.3) is 10.9 Å². The molecule has 0 atom stereocenters. The lowest BCUT2D eigenvalue weighted by molar-refractivity contribution is -0.117. The smallest absolute Gasteiger partial charge is 0.238 e. The van der Waals surface area contributed by atoms with Crippen LogP contribution in [0.1, 0.15) is 57.2 Å². The molecule has 164 valence electrons. The second kappa shape index (κ2) is 11.6. The van der Waals surface area contributed by atoms with Crippen LogP contribution in [-0.4, -0.2) is 40.4 Å². The van der Waals surface area contributed by atoms with E-state index in [0.29, 0.717) is 12.5 Å². The van der Waals surface area contributed by atoms with Crippen molar-refractivity contribution < 1.29 is 4.79 Å². The predicted octanol–water partition coefficient (Wildman–Crippen LogP) is 5.43. The number of benzene rings is 2. The van der Waals surface area contributed by atoms with Crippen molar-refractivity contribution in [1.29, 1.82) is 0 Å². The molecule has 1 N–H and O–H groups in total. The van der Waals surface area contributed by atoms with Crippen LogP contribution in [0.5, 0.6) is 0 Å². The van der Waals surface area contributed by atoms with E-state index in [9.17, 15) is 4.79 Å². The summed E-state index contributed by atoms with van der Waals surface area (Å²) >= 11 is 0. The Hall–Kier alpha value is -2.79. The molecule has 5 nitrogen and oxygen atoms in total. The van der Waals surface area contributed by atoms with Gasteiger partial charge in [-0.3, -0.25) is 9.69 Å². The summed E-state index contributed by atoms with van der Waals surface area (Å²) in [5.74, 6) is 0.476. The summed E-state index contributed by atoms with van der Waals surface area (Å²) in [6.45, 7) is 8.63. The molecule has 4 rings (SSSR count). The van der Waals surface area contributed by atoms with E-state index in [4.69, 9.17) is 0 Å². The largest absolute Gasteiger partial charge is 0.325 e. The molecule has 0 unspecified atom stereocenters. The van der Waals surface area contributed by atoms with E-state index in [1.165, 1.54) is 12.0 Å². The van der Waals surface area contributed by atoms with Crippen molar-refractivity contribution in [2.75, 3.05) is 25.0 Å². The van der Waals surface area contributed by atoms with E-state index in [2.05, 4.69) is 59.2 Å². The maximum atomic E-state index is 12.4. The van der Waals surface area contributed by atoms with Gasteiger partial charge < -0.3 is 5.32 Å². The fourth-order valence-electron chi connectivity index (χ4n) is 3.94. The minimum absolute atomic E-state index is 0.0511. The van der Waals surface area contributed by atoms with E-state index in [0.717, 1.165) is 54.6 Å². The quantitative estimate of drug-likeness (QED) is 0.600. The molecule has 1 aromatic heterocycles. The summed E-state index contributed by atoms with van der Waals surface area (Å²) in [4.78, 5) is 23.6. The number of amides is 1. The summed E-state index contributed by atoms with van der Waals surface area (Å²) in [5, 5.41) is 4.16. The molecule has 31 heavy (non-hydrogen) atoms. The molecule has 0 saturated carbocycles. The highest BCUT2D eigenvalue weighted by molar-refractivity contribution is 5.92. The number of nitrogens with zero attached hydrogens (tertiary/aromatic N) is 3. The molecule has 0 radical (unpaired) electrons. The molecule has 0 spiro atoms. The summed E-state index contributed by atoms with van der Waals surface area (Å²) in [5.41, 5.74) is 4.29. The van der Waals surface area contributed by atoms with Gasteiger partial charge in [0, 0.05) is 17.0 Å². The Morgan fingerprint density at radius 1 is 1.00 bits per heavy atom. The van der Waals surface area contributed by atoms with Gasteiger partial charge in [0.2, 0.25) is 5.91 Å². The lowest BCUT2D eigenvalue weighted by atomic mass is 9.91. The van der Waals surface area contributed by atoms with Crippen molar-refractivity contribution in [3.05, 3.63) is 66.1 Å². The Morgan fingerprint density at radius 2 is 1.68 bits per heavy atom. The molecule has 5 heteroatoms. The van der Waals surface area contributed by atoms with Crippen LogP contribution in [0, 0.1) is 0 Å². The van der Waals surface area contributed by atoms with Gasteiger partial charge in [-0.1, -0.05) is 57.5 Å². The number of fused-ring (bicyclic) bond motifs is 1. The molecular weight excluding hydrogens is 384 g/mol. The third-order valence-electron chi connectivity index (χ3n) is 5.56. The number of aromatic nitrogens is 2. The first kappa shape index (κ1) is 22.9. The van der Waals surface area contributed by atoms with Crippen molar-refractivity contribution in [1.82, 2.24) is 14.9 Å². The van der Waals surface area contributed by atoms with Crippen LogP contribution < -0.4 is 5.32 Å². The normalized spacial score (nSPS) is 14.7. The Bertz CT molecular complexity index is 957. The molecule has 1 aliphatic rings. The highest BCUT2D eigenvalue weighted by atomic mass is 16.2. The van der Waals surface area contributed by atoms with Crippen molar-refractivity contribution >= 4 is 22.5 Å². The van der Waals surface area contributed by atoms with Crippen molar-refractivity contribution in [3.63, 3.8) is 0 Å². The second-order valence-electron chi connectivity index (χ2n) is 8.13. The summed E-state index contributed by atoms with van der Waals surface area (Å²) in [6.07, 6.45) is 5.95. The van der Waals surface area contributed by atoms with E-state index in [1.54, 1.807) is 6.33 Å². The van der Waals surface area contributed by atoms with Gasteiger partial charge in [0.1, 0.15) is 6.33 Å². The summed E-state index contributed by atoms with van der Waals surface area (Å²) in [7, 11) is 0. The molecular formula is C26H34N4O. The number of hydrogen-bond acceptors (Lipinski definition) is 4. The summed E-state index contributed by atoms with van der Waals surface area (Å²) < 4.78 is 0. The monoisotopic (exact) mass is 418 g/mol. The van der Waals surface area contributed by atoms with E-state index < -0.39 is 0 Å². The number of anilines is 1. The molecule has 2 heterocycles. The standard InChI is InChI=1S/C23H26N4O.C3H8/c1-2-17-7-9-19(10-8-17)26-22(28)15-27-13-11-18(12-14-27)23-20-5-3-4-6-21(20)24-16-25-23;1-3-2/h3-10,16,18H,2,11-15H2,1H3,(H,26,28);3H2,1-2H3. The average molecular weight is 419 g/mol. The SMILES string of the molecule is CCC.CCc1ccc(NC(=O)CN2CCC(c3ncnc4ccccc34)CC2)cc1. The first-order valence-corrected chi connectivity index (χ1v) is 11.4. The van der Waals surface area contributed by atoms with Crippen LogP contribution in [0.2, 0.25) is 0 Å². The van der Waals surface area contributed by atoms with Crippen LogP contribution >= 0.6 is 0 Å². The molecule has 0 bridgehead atoms. The van der Waals surface area contributed by atoms with Crippen molar-refractivity contribution in [3.8, 4) is 0 Å². The fraction of sp³-hybridized carbons (Fsp3) is 0.423. The van der Waals surface area contributed by atoms with Crippen LogP contribution in [-0.2, 0) is 11.2 Å². The van der Waals surface area contributed by atoms with E-state index in [1.807, 2.05) is 30.3 Å². The van der Waals surface area contributed by atoms with Gasteiger partial charge in [-0.15, -0.1) is 0 Å². The minimum Gasteiger partial charge on any atom is -0.325 e. The first-order chi connectivity index (χ1) is 15.1. The molecule has 1 aliphatic heterocycles. The number of hydrogen-bond donors (Lipinski definition) is 1. The third-order valence-corrected chi connectivity index (χ3v) is 5.56. The predicted molar refractivity (Wildman–Crippen MR) is 128 cm³/mol. The average Bonchev–Trinajstić information content (AvgIpc) is 2.80. The summed E-state index contributed by atoms with van der Waals surface area (Å²) in [6, 6.07) is 16.3. The zero-order valence-electron chi connectivity index (χ0n) is 19.0. The van der Waals surface area contributed by atoms with Crippen LogP contribution in [0.15, 0.2) is 54.9 Å². The number of para-hydroxylation sites is 1. The number of aryl methyl sites for hydroxylation is 1. The molecule has 0 aliphatic carbocycles. The Morgan fingerprint density at radius 3 is 2.35 bits per heavy atom. The fourth-order valence-corrected chi connectivity index (χ4v) is 3.94. The number of likely N-dealkylation sites (tertiary alicyclic amines) is 1. The Balaban J connectivity index is 0.000000858. The molecule has 1 amide bonds. The Kier molecular flexibility index (Phi) is 8.53. The number of carbonyl (C=O) groups is 1. The zero-order valence-corrected chi connectivity index (χ0v) is 19.0. The maximum Gasteiger partial charge on any atom is 0.238 e. The highest BCUT2D eigenvalue weighted by Gasteiger charge is 2.24. The number of piperidine rings is 1. The van der Waals surface area contributed by atoms with E-state index >= 15 is 0 Å². The van der Waals surface area contributed by atoms with Crippen molar-refractivity contribution in [2.45, 2.75) is 52.4 Å². The van der Waals surface area contributed by atoms with Gasteiger partial charge in [0.15, 0.2) is 0 Å². The van der Waals surface area contributed by atoms with Gasteiger partial charge in [-0.2, -0.15) is 0 Å².